The Morgan fingerprint density at radius 3 is 2.88 bits per heavy atom. The Kier molecular flexibility index (Phi) is 2.68. The normalized spacial score (nSPS) is 15.8. The van der Waals surface area contributed by atoms with Gasteiger partial charge in [-0.2, -0.15) is 0 Å². The number of carbonyl (C=O) groups is 2. The summed E-state index contributed by atoms with van der Waals surface area (Å²) >= 11 is 0. The predicted octanol–water partition coefficient (Wildman–Crippen LogP) is 1.41. The van der Waals surface area contributed by atoms with Crippen LogP contribution in [-0.4, -0.2) is 28.4 Å². The van der Waals surface area contributed by atoms with Gasteiger partial charge in [0.1, 0.15) is 5.76 Å². The SMILES string of the molecule is Cc1oc(C(=O)O)cc1CN1CCCC1=O. The molecule has 0 spiro atoms. The van der Waals surface area contributed by atoms with Gasteiger partial charge in [-0.3, -0.25) is 4.79 Å². The van der Waals surface area contributed by atoms with Crippen LogP contribution >= 0.6 is 0 Å². The first-order valence-electron chi connectivity index (χ1n) is 5.18. The van der Waals surface area contributed by atoms with E-state index in [1.54, 1.807) is 11.8 Å². The molecule has 2 rings (SSSR count). The highest BCUT2D eigenvalue weighted by Crippen LogP contribution is 2.19. The Hall–Kier alpha value is -1.78. The Balaban J connectivity index is 2.15. The van der Waals surface area contributed by atoms with Crippen molar-refractivity contribution in [3.05, 3.63) is 23.2 Å². The number of likely N-dealkylation sites (tertiary alicyclic amines) is 1. The lowest BCUT2D eigenvalue weighted by molar-refractivity contribution is -0.128. The molecule has 0 bridgehead atoms. The molecule has 0 aliphatic carbocycles. The van der Waals surface area contributed by atoms with Gasteiger partial charge in [-0.1, -0.05) is 0 Å². The highest BCUT2D eigenvalue weighted by atomic mass is 16.4. The molecule has 0 radical (unpaired) electrons. The van der Waals surface area contributed by atoms with Crippen LogP contribution in [0.15, 0.2) is 10.5 Å². The summed E-state index contributed by atoms with van der Waals surface area (Å²) in [4.78, 5) is 23.8. The predicted molar refractivity (Wildman–Crippen MR) is 55.1 cm³/mol. The van der Waals surface area contributed by atoms with Crippen LogP contribution in [0.2, 0.25) is 0 Å². The molecule has 16 heavy (non-hydrogen) atoms. The van der Waals surface area contributed by atoms with Crippen molar-refractivity contribution in [3.63, 3.8) is 0 Å². The summed E-state index contributed by atoms with van der Waals surface area (Å²) < 4.78 is 5.08. The van der Waals surface area contributed by atoms with Gasteiger partial charge in [-0.25, -0.2) is 4.79 Å². The van der Waals surface area contributed by atoms with Crippen molar-refractivity contribution in [2.24, 2.45) is 0 Å². The van der Waals surface area contributed by atoms with Gasteiger partial charge in [0, 0.05) is 25.1 Å². The second-order valence-electron chi connectivity index (χ2n) is 3.92. The first-order valence-corrected chi connectivity index (χ1v) is 5.18. The zero-order valence-corrected chi connectivity index (χ0v) is 9.02. The number of hydrogen-bond acceptors (Lipinski definition) is 3. The molecule has 0 atom stereocenters. The Bertz CT molecular complexity index is 435. The van der Waals surface area contributed by atoms with E-state index in [9.17, 15) is 9.59 Å². The second kappa shape index (κ2) is 4.00. The summed E-state index contributed by atoms with van der Waals surface area (Å²) in [5.74, 6) is -0.462. The summed E-state index contributed by atoms with van der Waals surface area (Å²) in [6, 6.07) is 1.49. The number of aryl methyl sites for hydroxylation is 1. The van der Waals surface area contributed by atoms with E-state index in [0.29, 0.717) is 18.7 Å². The zero-order valence-electron chi connectivity index (χ0n) is 9.02. The summed E-state index contributed by atoms with van der Waals surface area (Å²) in [5, 5.41) is 8.76. The van der Waals surface area contributed by atoms with E-state index in [4.69, 9.17) is 9.52 Å². The number of rotatable bonds is 3. The molecule has 1 aromatic rings. The number of carboxylic acids is 1. The molecular formula is C11H13NO4. The molecule has 0 saturated carbocycles. The molecule has 1 N–H and O–H groups in total. The molecule has 0 aromatic carbocycles. The topological polar surface area (TPSA) is 70.8 Å². The van der Waals surface area contributed by atoms with Crippen LogP contribution in [0.4, 0.5) is 0 Å². The van der Waals surface area contributed by atoms with E-state index in [1.807, 2.05) is 0 Å². The van der Waals surface area contributed by atoms with Crippen molar-refractivity contribution in [2.75, 3.05) is 6.54 Å². The molecule has 1 aliphatic heterocycles. The van der Waals surface area contributed by atoms with Crippen molar-refractivity contribution < 1.29 is 19.1 Å². The van der Waals surface area contributed by atoms with E-state index < -0.39 is 5.97 Å². The zero-order chi connectivity index (χ0) is 11.7. The van der Waals surface area contributed by atoms with Gasteiger partial charge in [0.2, 0.25) is 11.7 Å². The molecule has 1 saturated heterocycles. The number of nitrogens with zero attached hydrogens (tertiary/aromatic N) is 1. The lowest BCUT2D eigenvalue weighted by atomic mass is 10.2. The van der Waals surface area contributed by atoms with Crippen LogP contribution in [0.25, 0.3) is 0 Å². The molecule has 86 valence electrons. The minimum Gasteiger partial charge on any atom is -0.475 e. The van der Waals surface area contributed by atoms with Gasteiger partial charge in [-0.15, -0.1) is 0 Å². The van der Waals surface area contributed by atoms with Crippen molar-refractivity contribution in [2.45, 2.75) is 26.3 Å². The average Bonchev–Trinajstić information content (AvgIpc) is 2.76. The van der Waals surface area contributed by atoms with E-state index in [1.165, 1.54) is 6.07 Å². The number of furan rings is 1. The third kappa shape index (κ3) is 1.93. The summed E-state index contributed by atoms with van der Waals surface area (Å²) in [6.07, 6.45) is 1.46. The third-order valence-electron chi connectivity index (χ3n) is 2.76. The van der Waals surface area contributed by atoms with Gasteiger partial charge < -0.3 is 14.4 Å². The van der Waals surface area contributed by atoms with Gasteiger partial charge in [-0.05, 0) is 19.4 Å². The van der Waals surface area contributed by atoms with Crippen molar-refractivity contribution >= 4 is 11.9 Å². The maximum absolute atomic E-state index is 11.4. The van der Waals surface area contributed by atoms with Crippen LogP contribution in [0.3, 0.4) is 0 Å². The number of hydrogen-bond donors (Lipinski definition) is 1. The van der Waals surface area contributed by atoms with Crippen LogP contribution in [0.5, 0.6) is 0 Å². The van der Waals surface area contributed by atoms with E-state index in [2.05, 4.69) is 0 Å². The standard InChI is InChI=1S/C11H13NO4/c1-7-8(5-9(16-7)11(14)15)6-12-4-2-3-10(12)13/h5H,2-4,6H2,1H3,(H,14,15). The molecule has 1 aromatic heterocycles. The molecule has 2 heterocycles. The smallest absolute Gasteiger partial charge is 0.371 e. The largest absolute Gasteiger partial charge is 0.475 e. The van der Waals surface area contributed by atoms with Gasteiger partial charge in [0.05, 0.1) is 0 Å². The average molecular weight is 223 g/mol. The minimum absolute atomic E-state index is 0.0702. The fourth-order valence-corrected chi connectivity index (χ4v) is 1.86. The van der Waals surface area contributed by atoms with E-state index in [-0.39, 0.29) is 11.7 Å². The highest BCUT2D eigenvalue weighted by Gasteiger charge is 2.22. The molecule has 1 aliphatic rings. The lowest BCUT2D eigenvalue weighted by Gasteiger charge is -2.14. The molecule has 0 unspecified atom stereocenters. The van der Waals surface area contributed by atoms with E-state index >= 15 is 0 Å². The maximum atomic E-state index is 11.4. The van der Waals surface area contributed by atoms with Gasteiger partial charge in [0.15, 0.2) is 0 Å². The van der Waals surface area contributed by atoms with Crippen molar-refractivity contribution in [1.82, 2.24) is 4.90 Å². The van der Waals surface area contributed by atoms with Crippen LogP contribution < -0.4 is 0 Å². The van der Waals surface area contributed by atoms with Crippen LogP contribution in [0.1, 0.15) is 34.7 Å². The highest BCUT2D eigenvalue weighted by molar-refractivity contribution is 5.84. The lowest BCUT2D eigenvalue weighted by Crippen LogP contribution is -2.23. The Morgan fingerprint density at radius 2 is 2.38 bits per heavy atom. The number of carboxylic acid groups (broad SMARTS) is 1. The molecule has 1 fully saturated rings. The van der Waals surface area contributed by atoms with Crippen LogP contribution in [-0.2, 0) is 11.3 Å². The fraction of sp³-hybridized carbons (Fsp3) is 0.455. The maximum Gasteiger partial charge on any atom is 0.371 e. The van der Waals surface area contributed by atoms with E-state index in [0.717, 1.165) is 18.5 Å². The fourth-order valence-electron chi connectivity index (χ4n) is 1.86. The van der Waals surface area contributed by atoms with Gasteiger partial charge >= 0.3 is 5.97 Å². The molecule has 1 amide bonds. The first-order chi connectivity index (χ1) is 7.58. The van der Waals surface area contributed by atoms with Gasteiger partial charge in [0.25, 0.3) is 0 Å². The third-order valence-corrected chi connectivity index (χ3v) is 2.76. The summed E-state index contributed by atoms with van der Waals surface area (Å²) in [7, 11) is 0. The second-order valence-corrected chi connectivity index (χ2v) is 3.92. The molecule has 5 heteroatoms. The number of carbonyl (C=O) groups excluding carboxylic acids is 1. The molecule has 5 nitrogen and oxygen atoms in total. The number of aromatic carboxylic acids is 1. The minimum atomic E-state index is -1.08. The van der Waals surface area contributed by atoms with Crippen LogP contribution in [0, 0.1) is 6.92 Å². The first kappa shape index (κ1) is 10.7. The summed E-state index contributed by atoms with van der Waals surface area (Å²) in [6.45, 7) is 2.90. The van der Waals surface area contributed by atoms with Crippen molar-refractivity contribution in [3.8, 4) is 0 Å². The Morgan fingerprint density at radius 1 is 1.62 bits per heavy atom. The quantitative estimate of drug-likeness (QED) is 0.841. The number of amides is 1. The molecular weight excluding hydrogens is 210 g/mol. The van der Waals surface area contributed by atoms with Crippen molar-refractivity contribution in [1.29, 1.82) is 0 Å². The summed E-state index contributed by atoms with van der Waals surface area (Å²) in [5.41, 5.74) is 0.771. The monoisotopic (exact) mass is 223 g/mol. The Labute approximate surface area is 92.7 Å².